The Kier molecular flexibility index (Phi) is 5.91. The van der Waals surface area contributed by atoms with Gasteiger partial charge in [0.05, 0.1) is 17.7 Å². The van der Waals surface area contributed by atoms with Crippen molar-refractivity contribution >= 4 is 17.4 Å². The number of thiazole rings is 1. The summed E-state index contributed by atoms with van der Waals surface area (Å²) in [4.78, 5) is 17.0. The molecule has 0 saturated carbocycles. The molecule has 6 heteroatoms. The number of rotatable bonds is 6. The van der Waals surface area contributed by atoms with Crippen LogP contribution in [0.5, 0.6) is 0 Å². The van der Waals surface area contributed by atoms with Gasteiger partial charge in [0.2, 0.25) is 0 Å². The predicted molar refractivity (Wildman–Crippen MR) is 87.7 cm³/mol. The second-order valence-corrected chi connectivity index (χ2v) is 6.56. The second-order valence-electron chi connectivity index (χ2n) is 5.24. The van der Waals surface area contributed by atoms with Gasteiger partial charge in [0.15, 0.2) is 0 Å². The highest BCUT2D eigenvalue weighted by Gasteiger charge is 2.14. The summed E-state index contributed by atoms with van der Waals surface area (Å²) >= 11 is 1.56. The highest BCUT2D eigenvalue weighted by atomic mass is 32.1. The Labute approximate surface area is 134 Å². The molecule has 0 fully saturated rings. The van der Waals surface area contributed by atoms with Crippen molar-refractivity contribution in [2.45, 2.75) is 39.0 Å². The van der Waals surface area contributed by atoms with Crippen molar-refractivity contribution in [3.63, 3.8) is 0 Å². The Hall–Kier alpha value is -1.92. The summed E-state index contributed by atoms with van der Waals surface area (Å²) < 4.78 is 0. The first-order valence-electron chi connectivity index (χ1n) is 7.23. The van der Waals surface area contributed by atoms with Crippen molar-refractivity contribution in [2.24, 2.45) is 0 Å². The molecular formula is C16H21N3O2S. The molecule has 2 unspecified atom stereocenters. The maximum atomic E-state index is 11.8. The van der Waals surface area contributed by atoms with E-state index < -0.39 is 6.10 Å². The molecular weight excluding hydrogens is 298 g/mol. The van der Waals surface area contributed by atoms with Gasteiger partial charge in [-0.3, -0.25) is 0 Å². The minimum atomic E-state index is -0.583. The van der Waals surface area contributed by atoms with Gasteiger partial charge in [-0.25, -0.2) is 9.78 Å². The zero-order chi connectivity index (χ0) is 15.9. The average molecular weight is 319 g/mol. The van der Waals surface area contributed by atoms with Crippen LogP contribution in [0.4, 0.5) is 4.79 Å². The number of aliphatic hydroxyl groups excluding tert-OH is 1. The molecule has 1 aromatic heterocycles. The number of aryl methyl sites for hydroxylation is 1. The van der Waals surface area contributed by atoms with Crippen LogP contribution in [-0.4, -0.2) is 22.2 Å². The van der Waals surface area contributed by atoms with Crippen LogP contribution in [0.2, 0.25) is 0 Å². The summed E-state index contributed by atoms with van der Waals surface area (Å²) in [5, 5.41) is 16.7. The van der Waals surface area contributed by atoms with E-state index in [2.05, 4.69) is 15.6 Å². The summed E-state index contributed by atoms with van der Waals surface area (Å²) in [6.07, 6.45) is 1.65. The fourth-order valence-electron chi connectivity index (χ4n) is 2.13. The van der Waals surface area contributed by atoms with Crippen molar-refractivity contribution in [3.8, 4) is 0 Å². The van der Waals surface area contributed by atoms with Crippen LogP contribution in [0.1, 0.15) is 34.9 Å². The lowest BCUT2D eigenvalue weighted by atomic mass is 10.0. The molecule has 5 nitrogen and oxygen atoms in total. The van der Waals surface area contributed by atoms with Crippen molar-refractivity contribution in [1.29, 1.82) is 0 Å². The number of carbonyl (C=O) groups is 1. The molecule has 22 heavy (non-hydrogen) atoms. The number of hydrogen-bond acceptors (Lipinski definition) is 4. The lowest BCUT2D eigenvalue weighted by Gasteiger charge is -2.18. The summed E-state index contributed by atoms with van der Waals surface area (Å²) in [5.74, 6) is 0. The number of carbonyl (C=O) groups excluding carboxylic acids is 1. The maximum Gasteiger partial charge on any atom is 0.315 e. The largest absolute Gasteiger partial charge is 0.388 e. The Morgan fingerprint density at radius 2 is 2.09 bits per heavy atom. The van der Waals surface area contributed by atoms with Crippen molar-refractivity contribution < 1.29 is 9.90 Å². The normalized spacial score (nSPS) is 13.4. The fourth-order valence-corrected chi connectivity index (χ4v) is 2.87. The first kappa shape index (κ1) is 16.5. The topological polar surface area (TPSA) is 74.2 Å². The smallest absolute Gasteiger partial charge is 0.315 e. The molecule has 2 aromatic rings. The summed E-state index contributed by atoms with van der Waals surface area (Å²) in [6, 6.07) is 9.08. The highest BCUT2D eigenvalue weighted by Crippen LogP contribution is 2.17. The van der Waals surface area contributed by atoms with Crippen LogP contribution in [0.3, 0.4) is 0 Å². The molecule has 0 bridgehead atoms. The third-order valence-corrected chi connectivity index (χ3v) is 4.14. The Balaban J connectivity index is 1.74. The third kappa shape index (κ3) is 5.13. The number of hydrogen-bond donors (Lipinski definition) is 3. The van der Waals surface area contributed by atoms with E-state index in [9.17, 15) is 9.90 Å². The van der Waals surface area contributed by atoms with Gasteiger partial charge in [0, 0.05) is 17.1 Å². The predicted octanol–water partition coefficient (Wildman–Crippen LogP) is 2.76. The van der Waals surface area contributed by atoms with Crippen LogP contribution in [0.15, 0.2) is 36.5 Å². The summed E-state index contributed by atoms with van der Waals surface area (Å²) in [6.45, 7) is 4.27. The van der Waals surface area contributed by atoms with Crippen molar-refractivity contribution in [1.82, 2.24) is 15.6 Å². The van der Waals surface area contributed by atoms with E-state index >= 15 is 0 Å². The van der Waals surface area contributed by atoms with E-state index in [1.165, 1.54) is 0 Å². The molecule has 0 radical (unpaired) electrons. The van der Waals surface area contributed by atoms with E-state index in [0.29, 0.717) is 13.0 Å². The fraction of sp³-hybridized carbons (Fsp3) is 0.375. The van der Waals surface area contributed by atoms with Gasteiger partial charge in [-0.05, 0) is 25.8 Å². The standard InChI is InChI=1S/C16H21N3O2S/c1-11(8-15(20)13-6-4-3-5-7-13)19-16(21)18-10-14-9-17-12(2)22-14/h3-7,9,11,15,20H,8,10H2,1-2H3,(H2,18,19,21). The number of nitrogens with zero attached hydrogens (tertiary/aromatic N) is 1. The minimum Gasteiger partial charge on any atom is -0.388 e. The van der Waals surface area contributed by atoms with Gasteiger partial charge in [0.1, 0.15) is 0 Å². The van der Waals surface area contributed by atoms with E-state index in [0.717, 1.165) is 15.4 Å². The van der Waals surface area contributed by atoms with E-state index in [-0.39, 0.29) is 12.1 Å². The van der Waals surface area contributed by atoms with Gasteiger partial charge >= 0.3 is 6.03 Å². The summed E-state index contributed by atoms with van der Waals surface area (Å²) in [7, 11) is 0. The molecule has 118 valence electrons. The Morgan fingerprint density at radius 3 is 2.73 bits per heavy atom. The van der Waals surface area contributed by atoms with Crippen molar-refractivity contribution in [3.05, 3.63) is 52.0 Å². The SMILES string of the molecule is Cc1ncc(CNC(=O)NC(C)CC(O)c2ccccc2)s1. The molecule has 2 atom stereocenters. The number of benzene rings is 1. The van der Waals surface area contributed by atoms with Crippen molar-refractivity contribution in [2.75, 3.05) is 0 Å². The molecule has 2 amide bonds. The molecule has 0 aliphatic heterocycles. The zero-order valence-electron chi connectivity index (χ0n) is 12.7. The molecule has 2 rings (SSSR count). The first-order chi connectivity index (χ1) is 10.5. The third-order valence-electron chi connectivity index (χ3n) is 3.23. The monoisotopic (exact) mass is 319 g/mol. The molecule has 1 heterocycles. The molecule has 3 N–H and O–H groups in total. The van der Waals surface area contributed by atoms with Crippen LogP contribution in [-0.2, 0) is 6.54 Å². The Morgan fingerprint density at radius 1 is 1.36 bits per heavy atom. The van der Waals surface area contributed by atoms with Crippen LogP contribution in [0.25, 0.3) is 0 Å². The lowest BCUT2D eigenvalue weighted by molar-refractivity contribution is 0.154. The van der Waals surface area contributed by atoms with E-state index in [1.807, 2.05) is 44.2 Å². The summed E-state index contributed by atoms with van der Waals surface area (Å²) in [5.41, 5.74) is 0.858. The number of amides is 2. The average Bonchev–Trinajstić information content (AvgIpc) is 2.91. The van der Waals surface area contributed by atoms with Gasteiger partial charge in [-0.2, -0.15) is 0 Å². The lowest BCUT2D eigenvalue weighted by Crippen LogP contribution is -2.40. The highest BCUT2D eigenvalue weighted by molar-refractivity contribution is 7.11. The molecule has 0 aliphatic rings. The molecule has 0 spiro atoms. The first-order valence-corrected chi connectivity index (χ1v) is 8.05. The number of nitrogens with one attached hydrogen (secondary N) is 2. The van der Waals surface area contributed by atoms with Crippen LogP contribution < -0.4 is 10.6 Å². The van der Waals surface area contributed by atoms with Gasteiger partial charge in [-0.15, -0.1) is 11.3 Å². The van der Waals surface area contributed by atoms with Gasteiger partial charge in [-0.1, -0.05) is 30.3 Å². The maximum absolute atomic E-state index is 11.8. The molecule has 0 saturated heterocycles. The van der Waals surface area contributed by atoms with E-state index in [4.69, 9.17) is 0 Å². The van der Waals surface area contributed by atoms with E-state index in [1.54, 1.807) is 17.5 Å². The quantitative estimate of drug-likeness (QED) is 0.766. The number of aliphatic hydroxyl groups is 1. The Bertz CT molecular complexity index is 600. The minimum absolute atomic E-state index is 0.126. The van der Waals surface area contributed by atoms with Crippen LogP contribution >= 0.6 is 11.3 Å². The van der Waals surface area contributed by atoms with Gasteiger partial charge in [0.25, 0.3) is 0 Å². The number of urea groups is 1. The second kappa shape index (κ2) is 7.91. The zero-order valence-corrected chi connectivity index (χ0v) is 13.6. The van der Waals surface area contributed by atoms with Crippen LogP contribution in [0, 0.1) is 6.92 Å². The van der Waals surface area contributed by atoms with Gasteiger partial charge < -0.3 is 15.7 Å². The number of aromatic nitrogens is 1. The molecule has 0 aliphatic carbocycles. The molecule has 1 aromatic carbocycles.